The highest BCUT2D eigenvalue weighted by Gasteiger charge is 2.42. The van der Waals surface area contributed by atoms with Gasteiger partial charge in [-0.05, 0) is 75.1 Å². The Bertz CT molecular complexity index is 853. The molecule has 1 amide bonds. The zero-order chi connectivity index (χ0) is 19.8. The summed E-state index contributed by atoms with van der Waals surface area (Å²) in [6.45, 7) is 4.05. The van der Waals surface area contributed by atoms with Gasteiger partial charge in [-0.15, -0.1) is 10.2 Å². The zero-order valence-electron chi connectivity index (χ0n) is 16.6. The minimum atomic E-state index is -0.282. The van der Waals surface area contributed by atoms with Gasteiger partial charge in [0.15, 0.2) is 11.0 Å². The lowest BCUT2D eigenvalue weighted by atomic mass is 9.84. The first-order valence-corrected chi connectivity index (χ1v) is 10.9. The molecule has 5 nitrogen and oxygen atoms in total. The molecule has 1 aromatic heterocycles. The van der Waals surface area contributed by atoms with E-state index in [0.29, 0.717) is 16.9 Å². The van der Waals surface area contributed by atoms with Gasteiger partial charge in [-0.3, -0.25) is 4.79 Å². The van der Waals surface area contributed by atoms with E-state index >= 15 is 0 Å². The molecule has 2 bridgehead atoms. The van der Waals surface area contributed by atoms with E-state index in [1.165, 1.54) is 49.6 Å². The molecule has 28 heavy (non-hydrogen) atoms. The molecule has 0 saturated heterocycles. The van der Waals surface area contributed by atoms with Crippen LogP contribution in [0.2, 0.25) is 0 Å². The van der Waals surface area contributed by atoms with Gasteiger partial charge in [0, 0.05) is 18.7 Å². The van der Waals surface area contributed by atoms with Crippen LogP contribution in [0.25, 0.3) is 11.4 Å². The normalized spacial score (nSPS) is 25.6. The molecule has 5 atom stereocenters. The quantitative estimate of drug-likeness (QED) is 0.741. The van der Waals surface area contributed by atoms with Crippen molar-refractivity contribution in [3.63, 3.8) is 0 Å². The minimum Gasteiger partial charge on any atom is -0.352 e. The van der Waals surface area contributed by atoms with E-state index in [-0.39, 0.29) is 23.0 Å². The fourth-order valence-corrected chi connectivity index (χ4v) is 5.66. The maximum atomic E-state index is 13.1. The maximum absolute atomic E-state index is 13.1. The number of rotatable bonds is 6. The number of hydrogen-bond acceptors (Lipinski definition) is 4. The second-order valence-corrected chi connectivity index (χ2v) is 9.58. The Morgan fingerprint density at radius 3 is 2.61 bits per heavy atom. The molecular weight excluding hydrogens is 375 g/mol. The molecular formula is C21H27FN4OS. The van der Waals surface area contributed by atoms with Crippen LogP contribution in [0.1, 0.15) is 39.5 Å². The van der Waals surface area contributed by atoms with E-state index in [1.807, 2.05) is 18.5 Å². The topological polar surface area (TPSA) is 59.8 Å². The van der Waals surface area contributed by atoms with Gasteiger partial charge in [-0.25, -0.2) is 4.39 Å². The van der Waals surface area contributed by atoms with Crippen molar-refractivity contribution in [3.8, 4) is 11.4 Å². The second-order valence-electron chi connectivity index (χ2n) is 8.27. The molecule has 0 aliphatic heterocycles. The molecule has 0 radical (unpaired) electrons. The average molecular weight is 403 g/mol. The highest BCUT2D eigenvalue weighted by molar-refractivity contribution is 8.00. The SMILES string of the molecule is CC(Sc1nnc(-c2ccc(F)cc2)n1C)C(=O)NC(C)C1CC2CCC1C2. The van der Waals surface area contributed by atoms with Crippen molar-refractivity contribution in [2.75, 3.05) is 0 Å². The Kier molecular flexibility index (Phi) is 5.45. The van der Waals surface area contributed by atoms with Crippen LogP contribution in [-0.2, 0) is 11.8 Å². The average Bonchev–Trinajstić information content (AvgIpc) is 3.39. The smallest absolute Gasteiger partial charge is 0.233 e. The van der Waals surface area contributed by atoms with Gasteiger partial charge in [0.1, 0.15) is 5.82 Å². The molecule has 1 aromatic carbocycles. The second kappa shape index (κ2) is 7.85. The van der Waals surface area contributed by atoms with Gasteiger partial charge >= 0.3 is 0 Å². The number of aromatic nitrogens is 3. The Hall–Kier alpha value is -1.89. The van der Waals surface area contributed by atoms with E-state index in [0.717, 1.165) is 17.4 Å². The molecule has 2 aliphatic carbocycles. The van der Waals surface area contributed by atoms with Crippen molar-refractivity contribution < 1.29 is 9.18 Å². The lowest BCUT2D eigenvalue weighted by Crippen LogP contribution is -2.43. The summed E-state index contributed by atoms with van der Waals surface area (Å²) in [5, 5.41) is 12.1. The molecule has 2 aliphatic rings. The molecule has 2 fully saturated rings. The van der Waals surface area contributed by atoms with E-state index in [1.54, 1.807) is 12.1 Å². The van der Waals surface area contributed by atoms with Crippen molar-refractivity contribution in [1.82, 2.24) is 20.1 Å². The predicted octanol–water partition coefficient (Wildman–Crippen LogP) is 4.04. The van der Waals surface area contributed by atoms with E-state index < -0.39 is 0 Å². The van der Waals surface area contributed by atoms with Crippen LogP contribution in [0.5, 0.6) is 0 Å². The standard InChI is InChI=1S/C21H27FN4OS/c1-12(18-11-14-4-5-16(18)10-14)23-20(27)13(2)28-21-25-24-19(26(21)3)15-6-8-17(22)9-7-15/h6-9,12-14,16,18H,4-5,10-11H2,1-3H3,(H,23,27). The highest BCUT2D eigenvalue weighted by atomic mass is 32.2. The first-order valence-electron chi connectivity index (χ1n) is 10.0. The van der Waals surface area contributed by atoms with E-state index in [9.17, 15) is 9.18 Å². The summed E-state index contributed by atoms with van der Waals surface area (Å²) in [6.07, 6.45) is 5.31. The Morgan fingerprint density at radius 2 is 1.96 bits per heavy atom. The van der Waals surface area contributed by atoms with Crippen LogP contribution in [0, 0.1) is 23.6 Å². The molecule has 5 unspecified atom stereocenters. The number of benzene rings is 1. The molecule has 0 spiro atoms. The van der Waals surface area contributed by atoms with Gasteiger partial charge in [-0.2, -0.15) is 0 Å². The third kappa shape index (κ3) is 3.81. The maximum Gasteiger partial charge on any atom is 0.233 e. The number of amides is 1. The summed E-state index contributed by atoms with van der Waals surface area (Å²) in [5.41, 5.74) is 0.797. The molecule has 1 N–H and O–H groups in total. The first kappa shape index (κ1) is 19.4. The van der Waals surface area contributed by atoms with Crippen molar-refractivity contribution in [2.24, 2.45) is 24.8 Å². The fourth-order valence-electron chi connectivity index (χ4n) is 4.83. The van der Waals surface area contributed by atoms with Crippen LogP contribution < -0.4 is 5.32 Å². The molecule has 2 saturated carbocycles. The summed E-state index contributed by atoms with van der Waals surface area (Å²) in [6, 6.07) is 6.40. The van der Waals surface area contributed by atoms with Crippen molar-refractivity contribution >= 4 is 17.7 Å². The summed E-state index contributed by atoms with van der Waals surface area (Å²) < 4.78 is 15.0. The van der Waals surface area contributed by atoms with Gasteiger partial charge in [0.2, 0.25) is 5.91 Å². The third-order valence-corrected chi connectivity index (χ3v) is 7.53. The van der Waals surface area contributed by atoms with Crippen molar-refractivity contribution in [3.05, 3.63) is 30.1 Å². The van der Waals surface area contributed by atoms with E-state index in [2.05, 4.69) is 22.4 Å². The number of nitrogens with zero attached hydrogens (tertiary/aromatic N) is 3. The summed E-state index contributed by atoms with van der Waals surface area (Å²) in [4.78, 5) is 12.7. The molecule has 7 heteroatoms. The summed E-state index contributed by atoms with van der Waals surface area (Å²) in [7, 11) is 1.86. The van der Waals surface area contributed by atoms with Crippen LogP contribution >= 0.6 is 11.8 Å². The minimum absolute atomic E-state index is 0.0478. The molecule has 1 heterocycles. The summed E-state index contributed by atoms with van der Waals surface area (Å²) >= 11 is 1.40. The fraction of sp³-hybridized carbons (Fsp3) is 0.571. The van der Waals surface area contributed by atoms with Crippen LogP contribution in [0.4, 0.5) is 4.39 Å². The predicted molar refractivity (Wildman–Crippen MR) is 108 cm³/mol. The number of carbonyl (C=O) groups is 1. The number of carbonyl (C=O) groups excluding carboxylic acids is 1. The lowest BCUT2D eigenvalue weighted by molar-refractivity contribution is -0.121. The number of fused-ring (bicyclic) bond motifs is 2. The van der Waals surface area contributed by atoms with Gasteiger partial charge in [0.05, 0.1) is 5.25 Å². The van der Waals surface area contributed by atoms with Crippen molar-refractivity contribution in [2.45, 2.75) is 56.0 Å². The molecule has 2 aromatic rings. The van der Waals surface area contributed by atoms with Gasteiger partial charge < -0.3 is 9.88 Å². The van der Waals surface area contributed by atoms with Crippen LogP contribution in [0.3, 0.4) is 0 Å². The first-order chi connectivity index (χ1) is 13.4. The van der Waals surface area contributed by atoms with Gasteiger partial charge in [0.25, 0.3) is 0 Å². The van der Waals surface area contributed by atoms with Crippen molar-refractivity contribution in [1.29, 1.82) is 0 Å². The Balaban J connectivity index is 1.37. The van der Waals surface area contributed by atoms with Gasteiger partial charge in [-0.1, -0.05) is 18.2 Å². The number of hydrogen-bond donors (Lipinski definition) is 1. The number of halogens is 1. The Morgan fingerprint density at radius 1 is 1.21 bits per heavy atom. The summed E-state index contributed by atoms with van der Waals surface area (Å²) in [5.74, 6) is 2.72. The molecule has 4 rings (SSSR count). The van der Waals surface area contributed by atoms with Crippen LogP contribution in [0.15, 0.2) is 29.4 Å². The monoisotopic (exact) mass is 402 g/mol. The Labute approximate surface area is 169 Å². The molecule has 150 valence electrons. The largest absolute Gasteiger partial charge is 0.352 e. The lowest BCUT2D eigenvalue weighted by Gasteiger charge is -2.29. The number of nitrogens with one attached hydrogen (secondary N) is 1. The highest BCUT2D eigenvalue weighted by Crippen LogP contribution is 2.49. The number of thioether (sulfide) groups is 1. The van der Waals surface area contributed by atoms with E-state index in [4.69, 9.17) is 0 Å². The third-order valence-electron chi connectivity index (χ3n) is 6.39. The van der Waals surface area contributed by atoms with Crippen LogP contribution in [-0.4, -0.2) is 32.0 Å². The zero-order valence-corrected chi connectivity index (χ0v) is 17.4.